The molecule has 1 fully saturated rings. The molecule has 5 heteroatoms. The fourth-order valence-electron chi connectivity index (χ4n) is 2.37. The lowest BCUT2D eigenvalue weighted by atomic mass is 9.84. The van der Waals surface area contributed by atoms with E-state index in [4.69, 9.17) is 9.16 Å². The van der Waals surface area contributed by atoms with Crippen LogP contribution in [0.5, 0.6) is 0 Å². The highest BCUT2D eigenvalue weighted by molar-refractivity contribution is 8.25. The minimum Gasteiger partial charge on any atom is -0.538 e. The van der Waals surface area contributed by atoms with Crippen molar-refractivity contribution in [3.05, 3.63) is 21.3 Å². The van der Waals surface area contributed by atoms with E-state index in [2.05, 4.69) is 59.2 Å². The molecule has 0 unspecified atom stereocenters. The Balaban J connectivity index is 3.51. The summed E-state index contributed by atoms with van der Waals surface area (Å²) in [6.07, 6.45) is 3.20. The summed E-state index contributed by atoms with van der Waals surface area (Å²) in [7, 11) is -0.0126. The Morgan fingerprint density at radius 1 is 1.16 bits per heavy atom. The number of hydrogen-bond donors (Lipinski definition) is 0. The van der Waals surface area contributed by atoms with Crippen LogP contribution in [0.2, 0.25) is 19.6 Å². The number of ether oxygens (including phenoxy) is 1. The molecule has 0 amide bonds. The summed E-state index contributed by atoms with van der Waals surface area (Å²) >= 11 is 3.76. The molecule has 1 saturated heterocycles. The molecular weight excluding hydrogens is 364 g/mol. The highest BCUT2D eigenvalue weighted by atomic mass is 32.2. The van der Waals surface area contributed by atoms with Crippen LogP contribution in [0.25, 0.3) is 0 Å². The van der Waals surface area contributed by atoms with Gasteiger partial charge in [0.2, 0.25) is 8.32 Å². The van der Waals surface area contributed by atoms with Gasteiger partial charge in [0.15, 0.2) is 5.76 Å². The van der Waals surface area contributed by atoms with E-state index in [1.165, 1.54) is 4.24 Å². The van der Waals surface area contributed by atoms with E-state index < -0.39 is 8.32 Å². The molecular formula is C20H34O2S2Si. The fourth-order valence-corrected chi connectivity index (χ4v) is 5.64. The molecule has 0 aromatic carbocycles. The summed E-state index contributed by atoms with van der Waals surface area (Å²) in [4.78, 5) is 0. The molecule has 0 aliphatic carbocycles. The molecule has 0 atom stereocenters. The zero-order valence-corrected chi connectivity index (χ0v) is 19.8. The summed E-state index contributed by atoms with van der Waals surface area (Å²) in [6, 6.07) is 0. The minimum atomic E-state index is -1.78. The first-order chi connectivity index (χ1) is 11.6. The Labute approximate surface area is 164 Å². The summed E-state index contributed by atoms with van der Waals surface area (Å²) in [6.45, 7) is 15.5. The van der Waals surface area contributed by atoms with Gasteiger partial charge in [-0.2, -0.15) is 0 Å². The molecule has 1 heterocycles. The minimum absolute atomic E-state index is 0.101. The summed E-state index contributed by atoms with van der Waals surface area (Å²) in [5, 5.41) is 0. The fraction of sp³-hybridized carbons (Fsp3) is 0.700. The largest absolute Gasteiger partial charge is 0.538 e. The van der Waals surface area contributed by atoms with E-state index in [1.54, 1.807) is 7.11 Å². The molecule has 1 aliphatic rings. The van der Waals surface area contributed by atoms with Gasteiger partial charge in [0.05, 0.1) is 16.9 Å². The van der Waals surface area contributed by atoms with Gasteiger partial charge in [-0.1, -0.05) is 40.0 Å². The number of hydrogen-bond acceptors (Lipinski definition) is 4. The van der Waals surface area contributed by atoms with Crippen molar-refractivity contribution < 1.29 is 9.16 Å². The molecule has 0 saturated carbocycles. The van der Waals surface area contributed by atoms with E-state index in [1.807, 2.05) is 23.5 Å². The molecule has 1 aliphatic heterocycles. The highest BCUT2D eigenvalue weighted by Gasteiger charge is 2.32. The van der Waals surface area contributed by atoms with Gasteiger partial charge in [0.1, 0.15) is 5.76 Å². The van der Waals surface area contributed by atoms with Crippen LogP contribution in [0.15, 0.2) is 21.3 Å². The number of allylic oxidation sites excluding steroid dienone is 2. The van der Waals surface area contributed by atoms with Crippen LogP contribution in [-0.4, -0.2) is 26.9 Å². The lowest BCUT2D eigenvalue weighted by Crippen LogP contribution is -2.27. The number of methoxy groups -OCH3 is 1. The van der Waals surface area contributed by atoms with Crippen LogP contribution in [0.3, 0.4) is 0 Å². The molecule has 2 nitrogen and oxygen atoms in total. The van der Waals surface area contributed by atoms with Gasteiger partial charge in [-0.15, -0.1) is 23.5 Å². The average Bonchev–Trinajstić information content (AvgIpc) is 2.99. The molecule has 0 spiro atoms. The van der Waals surface area contributed by atoms with Gasteiger partial charge in [-0.25, -0.2) is 0 Å². The van der Waals surface area contributed by atoms with E-state index in [0.29, 0.717) is 0 Å². The second-order valence-electron chi connectivity index (χ2n) is 8.09. The Morgan fingerprint density at radius 2 is 1.76 bits per heavy atom. The molecule has 25 heavy (non-hydrogen) atoms. The van der Waals surface area contributed by atoms with E-state index >= 15 is 0 Å². The van der Waals surface area contributed by atoms with E-state index in [9.17, 15) is 0 Å². The van der Waals surface area contributed by atoms with Crippen molar-refractivity contribution >= 4 is 31.8 Å². The van der Waals surface area contributed by atoms with Crippen LogP contribution in [0, 0.1) is 17.3 Å². The Kier molecular flexibility index (Phi) is 9.07. The summed E-state index contributed by atoms with van der Waals surface area (Å²) in [5.41, 5.74) is 1.01. The van der Waals surface area contributed by atoms with Crippen LogP contribution < -0.4 is 0 Å². The Morgan fingerprint density at radius 3 is 2.20 bits per heavy atom. The first kappa shape index (κ1) is 22.6. The third-order valence-corrected chi connectivity index (χ3v) is 6.90. The normalized spacial score (nSPS) is 16.1. The van der Waals surface area contributed by atoms with Crippen molar-refractivity contribution in [2.75, 3.05) is 18.6 Å². The smallest absolute Gasteiger partial charge is 0.243 e. The predicted molar refractivity (Wildman–Crippen MR) is 117 cm³/mol. The third kappa shape index (κ3) is 7.76. The zero-order valence-electron chi connectivity index (χ0n) is 17.2. The van der Waals surface area contributed by atoms with Crippen LogP contribution in [0.4, 0.5) is 0 Å². The SMILES string of the molecule is CCCCC#C/C(O[Si](C)(C)C)=C(/C(OC)=C1SCCS1)C(C)(C)C. The number of thioether (sulfide) groups is 2. The second-order valence-corrected chi connectivity index (χ2v) is 15.0. The quantitative estimate of drug-likeness (QED) is 0.216. The number of rotatable bonds is 6. The molecule has 0 aromatic rings. The van der Waals surface area contributed by atoms with Crippen molar-refractivity contribution in [1.29, 1.82) is 0 Å². The average molecular weight is 399 g/mol. The Hall–Kier alpha value is -0.443. The van der Waals surface area contributed by atoms with Gasteiger partial charge in [-0.05, 0) is 37.4 Å². The standard InChI is InChI=1S/C20H34O2S2Si/c1-9-10-11-12-13-16(22-25(6,7)8)17(20(2,3)4)18(21-5)19-23-14-15-24-19/h9-11,14-15H2,1-8H3/b17-16+. The van der Waals surface area contributed by atoms with Crippen molar-refractivity contribution in [2.24, 2.45) is 5.41 Å². The monoisotopic (exact) mass is 398 g/mol. The molecule has 1 rings (SSSR count). The predicted octanol–water partition coefficient (Wildman–Crippen LogP) is 6.63. The summed E-state index contributed by atoms with van der Waals surface area (Å²) < 4.78 is 13.6. The molecule has 0 N–H and O–H groups in total. The lowest BCUT2D eigenvalue weighted by molar-refractivity contribution is 0.274. The number of unbranched alkanes of at least 4 members (excludes halogenated alkanes) is 2. The topological polar surface area (TPSA) is 18.5 Å². The van der Waals surface area contributed by atoms with Crippen molar-refractivity contribution in [3.8, 4) is 11.8 Å². The first-order valence-electron chi connectivity index (χ1n) is 9.07. The first-order valence-corrected chi connectivity index (χ1v) is 14.4. The highest BCUT2D eigenvalue weighted by Crippen LogP contribution is 2.45. The Bertz CT molecular complexity index is 561. The van der Waals surface area contributed by atoms with E-state index in [0.717, 1.165) is 47.9 Å². The maximum Gasteiger partial charge on any atom is 0.243 e. The molecule has 0 radical (unpaired) electrons. The van der Waals surface area contributed by atoms with E-state index in [-0.39, 0.29) is 5.41 Å². The lowest BCUT2D eigenvalue weighted by Gasteiger charge is -2.30. The van der Waals surface area contributed by atoms with Gasteiger partial charge < -0.3 is 9.16 Å². The third-order valence-electron chi connectivity index (χ3n) is 3.41. The summed E-state index contributed by atoms with van der Waals surface area (Å²) in [5.74, 6) is 10.7. The molecule has 142 valence electrons. The van der Waals surface area contributed by atoms with Crippen molar-refractivity contribution in [1.82, 2.24) is 0 Å². The van der Waals surface area contributed by atoms with Crippen LogP contribution in [0.1, 0.15) is 47.0 Å². The maximum absolute atomic E-state index is 6.46. The van der Waals surface area contributed by atoms with Crippen LogP contribution in [-0.2, 0) is 9.16 Å². The van der Waals surface area contributed by atoms with Gasteiger partial charge in [0.25, 0.3) is 0 Å². The van der Waals surface area contributed by atoms with Gasteiger partial charge in [0, 0.05) is 17.9 Å². The van der Waals surface area contributed by atoms with Gasteiger partial charge in [-0.3, -0.25) is 0 Å². The van der Waals surface area contributed by atoms with Crippen molar-refractivity contribution in [2.45, 2.75) is 66.6 Å². The van der Waals surface area contributed by atoms with Crippen LogP contribution >= 0.6 is 23.5 Å². The van der Waals surface area contributed by atoms with Gasteiger partial charge >= 0.3 is 0 Å². The van der Waals surface area contributed by atoms with Crippen molar-refractivity contribution in [3.63, 3.8) is 0 Å². The zero-order chi connectivity index (χ0) is 19.1. The molecule has 0 bridgehead atoms. The molecule has 0 aromatic heterocycles. The maximum atomic E-state index is 6.46. The second kappa shape index (κ2) is 10.0.